The zero-order valence-corrected chi connectivity index (χ0v) is 19.6. The van der Waals surface area contributed by atoms with Crippen molar-refractivity contribution in [2.45, 2.75) is 55.6 Å². The second-order valence-electron chi connectivity index (χ2n) is 9.07. The van der Waals surface area contributed by atoms with Crippen LogP contribution in [0.4, 0.5) is 17.6 Å². The topological polar surface area (TPSA) is 34.1 Å². The van der Waals surface area contributed by atoms with Crippen molar-refractivity contribution in [2.75, 3.05) is 0 Å². The van der Waals surface area contributed by atoms with Crippen LogP contribution in [0.5, 0.6) is 0 Å². The van der Waals surface area contributed by atoms with Gasteiger partial charge in [0.2, 0.25) is 0 Å². The molecule has 2 atom stereocenters. The van der Waals surface area contributed by atoms with Crippen molar-refractivity contribution in [3.8, 4) is 0 Å². The number of benzene rings is 3. The summed E-state index contributed by atoms with van der Waals surface area (Å²) in [6.07, 6.45) is 2.97. The van der Waals surface area contributed by atoms with Crippen molar-refractivity contribution >= 4 is 9.84 Å². The summed E-state index contributed by atoms with van der Waals surface area (Å²) in [5.41, 5.74) is 2.12. The molecule has 4 rings (SSSR count). The highest BCUT2D eigenvalue weighted by Crippen LogP contribution is 2.40. The van der Waals surface area contributed by atoms with E-state index in [9.17, 15) is 26.0 Å². The fourth-order valence-corrected chi connectivity index (χ4v) is 6.72. The number of hydrogen-bond acceptors (Lipinski definition) is 2. The highest BCUT2D eigenvalue weighted by Gasteiger charge is 2.35. The highest BCUT2D eigenvalue weighted by atomic mass is 32.2. The Kier molecular flexibility index (Phi) is 7.12. The third kappa shape index (κ3) is 5.19. The van der Waals surface area contributed by atoms with Crippen LogP contribution < -0.4 is 0 Å². The third-order valence-electron chi connectivity index (χ3n) is 6.72. The summed E-state index contributed by atoms with van der Waals surface area (Å²) in [4.78, 5) is -0.385. The molecule has 7 heteroatoms. The average molecular weight is 491 g/mol. The molecule has 2 nitrogen and oxygen atoms in total. The van der Waals surface area contributed by atoms with Gasteiger partial charge in [0.05, 0.1) is 5.25 Å². The normalized spacial score (nSPS) is 18.7. The van der Waals surface area contributed by atoms with E-state index >= 15 is 0 Å². The minimum atomic E-state index is -4.12. The van der Waals surface area contributed by atoms with Gasteiger partial charge in [0.1, 0.15) is 28.2 Å². The van der Waals surface area contributed by atoms with Gasteiger partial charge in [-0.25, -0.2) is 26.0 Å². The molecule has 0 N–H and O–H groups in total. The number of fused-ring (bicyclic) bond motifs is 1. The molecular formula is C27H26F4O2S. The minimum Gasteiger partial charge on any atom is -0.223 e. The summed E-state index contributed by atoms with van der Waals surface area (Å²) >= 11 is 0. The van der Waals surface area contributed by atoms with Gasteiger partial charge in [-0.05, 0) is 104 Å². The van der Waals surface area contributed by atoms with Crippen molar-refractivity contribution in [1.29, 1.82) is 0 Å². The molecule has 0 radical (unpaired) electrons. The number of hydrogen-bond donors (Lipinski definition) is 0. The maximum Gasteiger partial charge on any atom is 0.188 e. The Bertz CT molecular complexity index is 1300. The number of sulfone groups is 1. The van der Waals surface area contributed by atoms with Gasteiger partial charge in [-0.3, -0.25) is 0 Å². The van der Waals surface area contributed by atoms with Crippen molar-refractivity contribution in [3.05, 3.63) is 100 Å². The Balaban J connectivity index is 1.63. The third-order valence-corrected chi connectivity index (χ3v) is 8.90. The SMILES string of the molecule is Cc1ccc(S(=O)(=O)C2CCC(CCc3ccc(F)cc3F)CCc3ccc(F)cc32)c(F)c1. The molecule has 34 heavy (non-hydrogen) atoms. The molecule has 3 aromatic carbocycles. The summed E-state index contributed by atoms with van der Waals surface area (Å²) in [7, 11) is -4.12. The van der Waals surface area contributed by atoms with Crippen LogP contribution in [0.15, 0.2) is 59.5 Å². The van der Waals surface area contributed by atoms with Gasteiger partial charge in [-0.1, -0.05) is 18.2 Å². The van der Waals surface area contributed by atoms with Crippen molar-refractivity contribution in [3.63, 3.8) is 0 Å². The smallest absolute Gasteiger partial charge is 0.188 e. The number of rotatable bonds is 5. The predicted octanol–water partition coefficient (Wildman–Crippen LogP) is 7.04. The lowest BCUT2D eigenvalue weighted by molar-refractivity contribution is 0.391. The van der Waals surface area contributed by atoms with Crippen molar-refractivity contribution in [2.24, 2.45) is 5.92 Å². The van der Waals surface area contributed by atoms with Gasteiger partial charge in [0, 0.05) is 6.07 Å². The molecule has 180 valence electrons. The van der Waals surface area contributed by atoms with Crippen LogP contribution in [0.2, 0.25) is 0 Å². The Hall–Kier alpha value is -2.67. The Morgan fingerprint density at radius 2 is 1.56 bits per heavy atom. The van der Waals surface area contributed by atoms with Gasteiger partial charge in [-0.2, -0.15) is 0 Å². The molecule has 0 saturated heterocycles. The van der Waals surface area contributed by atoms with E-state index in [1.165, 1.54) is 36.4 Å². The van der Waals surface area contributed by atoms with Crippen LogP contribution >= 0.6 is 0 Å². The molecule has 0 aromatic heterocycles. The van der Waals surface area contributed by atoms with E-state index < -0.39 is 38.4 Å². The Labute approximate surface area is 197 Å². The first kappa shape index (κ1) is 24.5. The van der Waals surface area contributed by atoms with E-state index in [4.69, 9.17) is 0 Å². The molecule has 2 unspecified atom stereocenters. The molecule has 0 heterocycles. The molecule has 0 bridgehead atoms. The first-order valence-electron chi connectivity index (χ1n) is 11.4. The first-order chi connectivity index (χ1) is 16.1. The second-order valence-corrected chi connectivity index (χ2v) is 11.2. The van der Waals surface area contributed by atoms with E-state index in [0.717, 1.165) is 18.1 Å². The molecule has 0 fully saturated rings. The maximum atomic E-state index is 14.7. The Morgan fingerprint density at radius 3 is 2.29 bits per heavy atom. The molecule has 1 aliphatic rings. The largest absolute Gasteiger partial charge is 0.223 e. The van der Waals surface area contributed by atoms with E-state index in [0.29, 0.717) is 42.4 Å². The molecule has 0 spiro atoms. The van der Waals surface area contributed by atoms with Gasteiger partial charge >= 0.3 is 0 Å². The van der Waals surface area contributed by atoms with Gasteiger partial charge in [0.15, 0.2) is 9.84 Å². The lowest BCUT2D eigenvalue weighted by Crippen LogP contribution is -2.21. The van der Waals surface area contributed by atoms with Crippen LogP contribution in [0.25, 0.3) is 0 Å². The molecule has 0 aliphatic heterocycles. The van der Waals surface area contributed by atoms with Gasteiger partial charge in [0.25, 0.3) is 0 Å². The Morgan fingerprint density at radius 1 is 0.824 bits per heavy atom. The highest BCUT2D eigenvalue weighted by molar-refractivity contribution is 7.91. The number of aryl methyl sites for hydroxylation is 3. The summed E-state index contributed by atoms with van der Waals surface area (Å²) in [5.74, 6) is -2.49. The summed E-state index contributed by atoms with van der Waals surface area (Å²) < 4.78 is 83.2. The zero-order chi connectivity index (χ0) is 24.5. The minimum absolute atomic E-state index is 0.0863. The van der Waals surface area contributed by atoms with Crippen LogP contribution in [0, 0.1) is 36.1 Å². The fraction of sp³-hybridized carbons (Fsp3) is 0.333. The van der Waals surface area contributed by atoms with Crippen LogP contribution in [-0.4, -0.2) is 8.42 Å². The van der Waals surface area contributed by atoms with E-state index in [1.54, 1.807) is 19.1 Å². The van der Waals surface area contributed by atoms with Crippen molar-refractivity contribution in [1.82, 2.24) is 0 Å². The fourth-order valence-electron chi connectivity index (χ4n) is 4.82. The predicted molar refractivity (Wildman–Crippen MR) is 123 cm³/mol. The molecular weight excluding hydrogens is 464 g/mol. The number of halogens is 4. The van der Waals surface area contributed by atoms with E-state index in [1.807, 2.05) is 0 Å². The molecule has 3 aromatic rings. The van der Waals surface area contributed by atoms with Crippen LogP contribution in [0.3, 0.4) is 0 Å². The first-order valence-corrected chi connectivity index (χ1v) is 12.9. The monoisotopic (exact) mass is 490 g/mol. The lowest BCUT2D eigenvalue weighted by Gasteiger charge is -2.28. The van der Waals surface area contributed by atoms with E-state index in [2.05, 4.69) is 0 Å². The summed E-state index contributed by atoms with van der Waals surface area (Å²) in [6, 6.07) is 11.7. The summed E-state index contributed by atoms with van der Waals surface area (Å²) in [5, 5.41) is -1.08. The maximum absolute atomic E-state index is 14.7. The zero-order valence-electron chi connectivity index (χ0n) is 18.8. The van der Waals surface area contributed by atoms with Gasteiger partial charge in [-0.15, -0.1) is 0 Å². The van der Waals surface area contributed by atoms with E-state index in [-0.39, 0.29) is 17.2 Å². The van der Waals surface area contributed by atoms with Crippen molar-refractivity contribution < 1.29 is 26.0 Å². The van der Waals surface area contributed by atoms with Crippen LogP contribution in [0.1, 0.15) is 53.2 Å². The summed E-state index contributed by atoms with van der Waals surface area (Å²) in [6.45, 7) is 1.68. The average Bonchev–Trinajstić information content (AvgIpc) is 2.75. The quantitative estimate of drug-likeness (QED) is 0.360. The molecule has 0 amide bonds. The second kappa shape index (κ2) is 9.90. The van der Waals surface area contributed by atoms with Crippen LogP contribution in [-0.2, 0) is 22.7 Å². The molecule has 1 aliphatic carbocycles. The van der Waals surface area contributed by atoms with Gasteiger partial charge < -0.3 is 0 Å². The lowest BCUT2D eigenvalue weighted by atomic mass is 9.84. The standard InChI is InChI=1S/C27H26F4O2S/c1-17-2-12-27(25(31)14-17)34(32,33)26-13-5-18(3-6-19-8-10-21(28)15-23(19)26)4-7-20-9-11-22(29)16-24(20)30/h2,8-12,14-16,18,26H,3-7,13H2,1H3. The molecule has 0 saturated carbocycles.